The van der Waals surface area contributed by atoms with Gasteiger partial charge in [0.1, 0.15) is 11.5 Å². The molecule has 35 heavy (non-hydrogen) atoms. The molecule has 1 amide bonds. The Balaban J connectivity index is 1.48. The van der Waals surface area contributed by atoms with Gasteiger partial charge in [-0.25, -0.2) is 4.79 Å². The fourth-order valence-electron chi connectivity index (χ4n) is 3.92. The Labute approximate surface area is 202 Å². The van der Waals surface area contributed by atoms with Crippen molar-refractivity contribution in [3.8, 4) is 11.1 Å². The molecule has 3 aromatic carbocycles. The van der Waals surface area contributed by atoms with Gasteiger partial charge in [0.15, 0.2) is 0 Å². The van der Waals surface area contributed by atoms with E-state index in [2.05, 4.69) is 10.3 Å². The Hall–Kier alpha value is -4.59. The number of amides is 1. The number of nitrogens with zero attached hydrogens (tertiary/aromatic N) is 2. The first-order valence-electron chi connectivity index (χ1n) is 11.3. The van der Waals surface area contributed by atoms with Crippen molar-refractivity contribution in [1.29, 1.82) is 0 Å². The number of benzene rings is 3. The molecule has 4 N–H and O–H groups in total. The molecular formula is C27H27N5O3. The van der Waals surface area contributed by atoms with Crippen LogP contribution in [0.25, 0.3) is 11.1 Å². The normalized spacial score (nSPS) is 10.7. The number of para-hydroxylation sites is 1. The number of rotatable bonds is 8. The van der Waals surface area contributed by atoms with Gasteiger partial charge >= 0.3 is 5.69 Å². The lowest BCUT2D eigenvalue weighted by Crippen LogP contribution is -2.38. The van der Waals surface area contributed by atoms with E-state index in [-0.39, 0.29) is 36.9 Å². The molecule has 178 valence electrons. The first-order chi connectivity index (χ1) is 16.9. The summed E-state index contributed by atoms with van der Waals surface area (Å²) >= 11 is 0. The molecule has 0 atom stereocenters. The molecular weight excluding hydrogens is 442 g/mol. The number of anilines is 3. The molecule has 0 aliphatic rings. The summed E-state index contributed by atoms with van der Waals surface area (Å²) in [5.74, 6) is -0.146. The zero-order valence-corrected chi connectivity index (χ0v) is 19.4. The molecule has 0 unspecified atom stereocenters. The Morgan fingerprint density at radius 1 is 0.943 bits per heavy atom. The summed E-state index contributed by atoms with van der Waals surface area (Å²) in [4.78, 5) is 41.6. The van der Waals surface area contributed by atoms with Crippen molar-refractivity contribution < 1.29 is 4.79 Å². The van der Waals surface area contributed by atoms with E-state index in [9.17, 15) is 14.4 Å². The van der Waals surface area contributed by atoms with Gasteiger partial charge in [-0.15, -0.1) is 0 Å². The van der Waals surface area contributed by atoms with Crippen LogP contribution >= 0.6 is 0 Å². The van der Waals surface area contributed by atoms with Crippen LogP contribution in [0.5, 0.6) is 0 Å². The van der Waals surface area contributed by atoms with Gasteiger partial charge in [0.05, 0.1) is 6.54 Å². The maximum atomic E-state index is 12.8. The van der Waals surface area contributed by atoms with Gasteiger partial charge in [0, 0.05) is 31.3 Å². The Morgan fingerprint density at radius 3 is 2.29 bits per heavy atom. The second-order valence-corrected chi connectivity index (χ2v) is 8.20. The lowest BCUT2D eigenvalue weighted by molar-refractivity contribution is -0.116. The van der Waals surface area contributed by atoms with Crippen molar-refractivity contribution in [2.24, 2.45) is 0 Å². The van der Waals surface area contributed by atoms with E-state index >= 15 is 0 Å². The van der Waals surface area contributed by atoms with Crippen LogP contribution in [0.1, 0.15) is 12.0 Å². The summed E-state index contributed by atoms with van der Waals surface area (Å²) in [6.07, 6.45) is 0.121. The molecule has 0 saturated heterocycles. The predicted octanol–water partition coefficient (Wildman–Crippen LogP) is 3.30. The Kier molecular flexibility index (Phi) is 7.11. The Morgan fingerprint density at radius 2 is 1.57 bits per heavy atom. The van der Waals surface area contributed by atoms with Crippen LogP contribution in [0, 0.1) is 0 Å². The van der Waals surface area contributed by atoms with E-state index in [1.54, 1.807) is 11.9 Å². The lowest BCUT2D eigenvalue weighted by Gasteiger charge is -2.22. The molecule has 4 aromatic rings. The number of hydrogen-bond acceptors (Lipinski definition) is 5. The van der Waals surface area contributed by atoms with Gasteiger partial charge in [0.2, 0.25) is 5.91 Å². The number of hydrogen-bond donors (Lipinski definition) is 3. The third kappa shape index (κ3) is 5.50. The zero-order chi connectivity index (χ0) is 24.8. The number of aromatic nitrogens is 2. The molecule has 0 fully saturated rings. The van der Waals surface area contributed by atoms with E-state index in [4.69, 9.17) is 5.73 Å². The minimum atomic E-state index is -0.589. The van der Waals surface area contributed by atoms with E-state index in [0.717, 1.165) is 16.7 Å². The van der Waals surface area contributed by atoms with Crippen LogP contribution in [0.2, 0.25) is 0 Å². The van der Waals surface area contributed by atoms with Gasteiger partial charge in [-0.3, -0.25) is 19.1 Å². The second-order valence-electron chi connectivity index (χ2n) is 8.20. The highest BCUT2D eigenvalue weighted by molar-refractivity contribution is 5.95. The number of carbonyl (C=O) groups is 1. The molecule has 1 aromatic heterocycles. The summed E-state index contributed by atoms with van der Waals surface area (Å²) in [5.41, 5.74) is 8.73. The standard InChI is InChI=1S/C27H27N5O3/c1-31(24-25(28)32(27(35)30-26(24)34)18-19-10-4-2-5-11-19)17-16-23(33)29-22-15-9-8-14-21(22)20-12-6-3-7-13-20/h2-15H,16-18,28H2,1H3,(H,29,33)(H,30,34,35). The predicted molar refractivity (Wildman–Crippen MR) is 140 cm³/mol. The fourth-order valence-corrected chi connectivity index (χ4v) is 3.92. The third-order valence-corrected chi connectivity index (χ3v) is 5.74. The highest BCUT2D eigenvalue weighted by atomic mass is 16.2. The second kappa shape index (κ2) is 10.6. The summed E-state index contributed by atoms with van der Waals surface area (Å²) in [7, 11) is 1.67. The molecule has 0 aliphatic heterocycles. The van der Waals surface area contributed by atoms with E-state index in [0.29, 0.717) is 5.69 Å². The van der Waals surface area contributed by atoms with E-state index < -0.39 is 11.2 Å². The molecule has 4 rings (SSSR count). The number of nitrogen functional groups attached to an aromatic ring is 1. The lowest BCUT2D eigenvalue weighted by atomic mass is 10.0. The van der Waals surface area contributed by atoms with Gasteiger partial charge in [-0.2, -0.15) is 0 Å². The SMILES string of the molecule is CN(CCC(=O)Nc1ccccc1-c1ccccc1)c1c(N)n(Cc2ccccc2)c(=O)[nH]c1=O. The molecule has 8 heteroatoms. The van der Waals surface area contributed by atoms with E-state index in [1.165, 1.54) is 4.57 Å². The minimum absolute atomic E-state index is 0.0555. The summed E-state index contributed by atoms with van der Waals surface area (Å²) < 4.78 is 1.32. The van der Waals surface area contributed by atoms with Crippen molar-refractivity contribution in [3.63, 3.8) is 0 Å². The van der Waals surface area contributed by atoms with Gasteiger partial charge in [-0.05, 0) is 17.2 Å². The average molecular weight is 470 g/mol. The van der Waals surface area contributed by atoms with Crippen LogP contribution in [-0.2, 0) is 11.3 Å². The topological polar surface area (TPSA) is 113 Å². The monoisotopic (exact) mass is 469 g/mol. The van der Waals surface area contributed by atoms with Crippen LogP contribution in [0.3, 0.4) is 0 Å². The number of H-pyrrole nitrogens is 1. The maximum absolute atomic E-state index is 12.8. The zero-order valence-electron chi connectivity index (χ0n) is 19.4. The largest absolute Gasteiger partial charge is 0.383 e. The van der Waals surface area contributed by atoms with Crippen LogP contribution in [0.15, 0.2) is 94.5 Å². The average Bonchev–Trinajstić information content (AvgIpc) is 2.87. The van der Waals surface area contributed by atoms with Crippen molar-refractivity contribution >= 4 is 23.1 Å². The molecule has 0 radical (unpaired) electrons. The maximum Gasteiger partial charge on any atom is 0.330 e. The quantitative estimate of drug-likeness (QED) is 0.366. The van der Waals surface area contributed by atoms with Crippen LogP contribution in [-0.4, -0.2) is 29.1 Å². The molecule has 0 bridgehead atoms. The minimum Gasteiger partial charge on any atom is -0.383 e. The number of carbonyl (C=O) groups excluding carboxylic acids is 1. The third-order valence-electron chi connectivity index (χ3n) is 5.74. The molecule has 0 saturated carbocycles. The summed E-state index contributed by atoms with van der Waals surface area (Å²) in [6, 6.07) is 26.8. The molecule has 0 spiro atoms. The van der Waals surface area contributed by atoms with Crippen molar-refractivity contribution in [1.82, 2.24) is 9.55 Å². The highest BCUT2D eigenvalue weighted by Crippen LogP contribution is 2.27. The van der Waals surface area contributed by atoms with Crippen molar-refractivity contribution in [2.75, 3.05) is 29.5 Å². The summed E-state index contributed by atoms with van der Waals surface area (Å²) in [6.45, 7) is 0.454. The Bertz CT molecular complexity index is 1430. The fraction of sp³-hybridized carbons (Fsp3) is 0.148. The van der Waals surface area contributed by atoms with Gasteiger partial charge in [-0.1, -0.05) is 78.9 Å². The van der Waals surface area contributed by atoms with Crippen LogP contribution < -0.4 is 27.2 Å². The van der Waals surface area contributed by atoms with Gasteiger partial charge < -0.3 is 16.0 Å². The smallest absolute Gasteiger partial charge is 0.330 e. The number of nitrogens with one attached hydrogen (secondary N) is 2. The molecule has 8 nitrogen and oxygen atoms in total. The number of nitrogens with two attached hydrogens (primary N) is 1. The van der Waals surface area contributed by atoms with E-state index in [1.807, 2.05) is 84.9 Å². The van der Waals surface area contributed by atoms with Crippen molar-refractivity contribution in [3.05, 3.63) is 111 Å². The first-order valence-corrected chi connectivity index (χ1v) is 11.3. The van der Waals surface area contributed by atoms with Crippen molar-refractivity contribution in [2.45, 2.75) is 13.0 Å². The summed E-state index contributed by atoms with van der Waals surface area (Å²) in [5, 5.41) is 2.96. The van der Waals surface area contributed by atoms with Crippen LogP contribution in [0.4, 0.5) is 17.2 Å². The molecule has 1 heterocycles. The number of aromatic amines is 1. The first kappa shape index (κ1) is 23.6. The highest BCUT2D eigenvalue weighted by Gasteiger charge is 2.17. The molecule has 0 aliphatic carbocycles. The van der Waals surface area contributed by atoms with Gasteiger partial charge in [0.25, 0.3) is 5.56 Å².